The Hall–Kier alpha value is -8.13. The molecule has 9 aliphatic rings. The Morgan fingerprint density at radius 2 is 0.835 bits per heavy atom. The first-order valence-electron chi connectivity index (χ1n) is 30.9. The van der Waals surface area contributed by atoms with Gasteiger partial charge in [0.25, 0.3) is 35.4 Å². The molecule has 0 bridgehead atoms. The van der Waals surface area contributed by atoms with Gasteiger partial charge in [-0.15, -0.1) is 0 Å². The van der Waals surface area contributed by atoms with E-state index in [9.17, 15) is 55.1 Å². The summed E-state index contributed by atoms with van der Waals surface area (Å²) in [7, 11) is 0. The fourth-order valence-electron chi connectivity index (χ4n) is 15.0. The average Bonchev–Trinajstić information content (AvgIpc) is 1.68. The molecule has 3 aliphatic heterocycles. The Balaban J connectivity index is 0.000000150. The number of pyridine rings is 3. The van der Waals surface area contributed by atoms with Crippen molar-refractivity contribution in [2.24, 2.45) is 51.2 Å². The van der Waals surface area contributed by atoms with Gasteiger partial charge < -0.3 is 47.4 Å². The maximum atomic E-state index is 12.9. The molecular formula is C64H80F6N12O9. The van der Waals surface area contributed by atoms with E-state index in [0.29, 0.717) is 29.0 Å². The number of amides is 6. The van der Waals surface area contributed by atoms with Crippen LogP contribution in [0.5, 0.6) is 17.6 Å². The molecular weight excluding hydrogens is 1190 g/mol. The van der Waals surface area contributed by atoms with Crippen molar-refractivity contribution in [2.75, 3.05) is 0 Å². The maximum Gasteiger partial charge on any atom is 0.391 e. The second-order valence-corrected chi connectivity index (χ2v) is 27.3. The summed E-state index contributed by atoms with van der Waals surface area (Å²) in [4.78, 5) is 90.2. The standard InChI is InChI=1S/C22H30N4O3.2C21H25F3N4O3/c1-12(2)7-18-21(28)26(14(4)25-18)15-8-22(9-15)10-16(11-22)29-20-17(19(23)27)6-5-13(3)24-20;2*1-11(21(22,23)24)6-16-19(30)28(12(2)27-16)13-7-20(8-13)9-14(10-20)31-18-15(17(25)29)4-3-5-26-18/h5-6,12,15-16,18,25H,4,7-11H2,1-3H3,(H2,23,27);2*3-5,11,13-14,16,27H,2,6-10H2,1H3,(H2,25,29)/t15?,16?,18-,22?;11-,13?,14?,16+,20?;11-,13?,14?,16-,20?/m010/s1. The van der Waals surface area contributed by atoms with E-state index < -0.39 is 54.0 Å². The molecule has 6 amide bonds. The molecule has 3 saturated heterocycles. The number of rotatable bonds is 18. The molecule has 0 aromatic carbocycles. The van der Waals surface area contributed by atoms with Crippen molar-refractivity contribution < 1.29 is 69.3 Å². The summed E-state index contributed by atoms with van der Waals surface area (Å²) in [5, 5.41) is 8.93. The second-order valence-electron chi connectivity index (χ2n) is 27.3. The van der Waals surface area contributed by atoms with E-state index in [4.69, 9.17) is 31.4 Å². The number of nitrogens with one attached hydrogen (secondary N) is 3. The smallest absolute Gasteiger partial charge is 0.391 e. The third kappa shape index (κ3) is 13.8. The molecule has 6 aliphatic carbocycles. The van der Waals surface area contributed by atoms with Gasteiger partial charge in [-0.1, -0.05) is 47.4 Å². The molecule has 21 nitrogen and oxygen atoms in total. The number of halogens is 6. The fraction of sp³-hybridized carbons (Fsp3) is 0.578. The number of nitrogens with two attached hydrogens (primary N) is 3. The molecule has 492 valence electrons. The lowest BCUT2D eigenvalue weighted by molar-refractivity contribution is -0.174. The summed E-state index contributed by atoms with van der Waals surface area (Å²) in [6.45, 7) is 20.0. The Morgan fingerprint density at radius 1 is 0.527 bits per heavy atom. The summed E-state index contributed by atoms with van der Waals surface area (Å²) in [5.41, 5.74) is 18.0. The molecule has 91 heavy (non-hydrogen) atoms. The molecule has 6 saturated carbocycles. The van der Waals surface area contributed by atoms with Gasteiger partial charge >= 0.3 is 12.4 Å². The van der Waals surface area contributed by atoms with Gasteiger partial charge in [0.1, 0.15) is 70.6 Å². The first kappa shape index (κ1) is 65.8. The van der Waals surface area contributed by atoms with E-state index in [1.807, 2.05) is 11.8 Å². The summed E-state index contributed by atoms with van der Waals surface area (Å²) in [5.74, 6) is -2.69. The highest BCUT2D eigenvalue weighted by atomic mass is 19.4. The van der Waals surface area contributed by atoms with Crippen molar-refractivity contribution >= 4 is 35.4 Å². The van der Waals surface area contributed by atoms with Crippen molar-refractivity contribution in [3.63, 3.8) is 0 Å². The molecule has 6 heterocycles. The molecule has 3 aromatic rings. The minimum absolute atomic E-state index is 0.0349. The molecule has 12 rings (SSSR count). The zero-order valence-electron chi connectivity index (χ0n) is 51.6. The van der Waals surface area contributed by atoms with Crippen molar-refractivity contribution in [3.8, 4) is 17.6 Å². The highest BCUT2D eigenvalue weighted by molar-refractivity contribution is 5.96. The van der Waals surface area contributed by atoms with Crippen LogP contribution in [0.3, 0.4) is 0 Å². The highest BCUT2D eigenvalue weighted by Gasteiger charge is 2.61. The van der Waals surface area contributed by atoms with Crippen LogP contribution in [0.15, 0.2) is 86.0 Å². The Morgan fingerprint density at radius 3 is 1.14 bits per heavy atom. The molecule has 5 atom stereocenters. The van der Waals surface area contributed by atoms with Gasteiger partial charge in [0.15, 0.2) is 0 Å². The minimum Gasteiger partial charge on any atom is -0.474 e. The SMILES string of the molecule is C=C1N[C@@H](CC(C)C)C(=O)N1C1CC2(CC(Oc3nc(C)ccc3C(N)=O)C2)C1.C=C1N[C@@H](C[C@@H](C)C(F)(F)F)C(=O)N1C1CC2(CC(Oc3ncccc3C(N)=O)C2)C1.C=C1N[C@@H](C[C@H](C)C(F)(F)F)C(=O)N1C1CC2(CC(Oc3ncccc3C(N)=O)C2)C1. The number of nitrogens with zero attached hydrogens (tertiary/aromatic N) is 6. The van der Waals surface area contributed by atoms with Crippen molar-refractivity contribution in [2.45, 2.75) is 198 Å². The summed E-state index contributed by atoms with van der Waals surface area (Å²) < 4.78 is 94.8. The average molecular weight is 1280 g/mol. The minimum atomic E-state index is -4.33. The van der Waals surface area contributed by atoms with E-state index in [-0.39, 0.29) is 112 Å². The van der Waals surface area contributed by atoms with Crippen LogP contribution in [0, 0.1) is 40.9 Å². The monoisotopic (exact) mass is 1270 g/mol. The lowest BCUT2D eigenvalue weighted by Gasteiger charge is -2.58. The van der Waals surface area contributed by atoms with Crippen LogP contribution >= 0.6 is 0 Å². The van der Waals surface area contributed by atoms with Crippen LogP contribution in [0.25, 0.3) is 0 Å². The summed E-state index contributed by atoms with van der Waals surface area (Å²) in [6.07, 6.45) is 4.22. The molecule has 0 radical (unpaired) electrons. The van der Waals surface area contributed by atoms with Crippen LogP contribution in [-0.2, 0) is 14.4 Å². The van der Waals surface area contributed by atoms with Gasteiger partial charge in [0, 0.05) is 36.2 Å². The van der Waals surface area contributed by atoms with Gasteiger partial charge in [-0.2, -0.15) is 26.3 Å². The number of primary amides is 3. The van der Waals surface area contributed by atoms with Gasteiger partial charge in [-0.3, -0.25) is 43.5 Å². The van der Waals surface area contributed by atoms with Crippen LogP contribution in [0.4, 0.5) is 26.3 Å². The van der Waals surface area contributed by atoms with Crippen LogP contribution in [-0.4, -0.2) is 132 Å². The number of hydrogen-bond acceptors (Lipinski definition) is 15. The van der Waals surface area contributed by atoms with Crippen molar-refractivity contribution in [1.29, 1.82) is 0 Å². The number of aromatic nitrogens is 3. The Bertz CT molecular complexity index is 3210. The molecule has 0 unspecified atom stereocenters. The van der Waals surface area contributed by atoms with Crippen molar-refractivity contribution in [1.82, 2.24) is 45.6 Å². The first-order valence-corrected chi connectivity index (χ1v) is 30.9. The van der Waals surface area contributed by atoms with E-state index in [2.05, 4.69) is 64.5 Å². The number of ether oxygens (including phenoxy) is 3. The highest BCUT2D eigenvalue weighted by Crippen LogP contribution is 2.61. The van der Waals surface area contributed by atoms with Crippen LogP contribution in [0.1, 0.15) is 161 Å². The molecule has 3 spiro atoms. The van der Waals surface area contributed by atoms with Crippen LogP contribution in [0.2, 0.25) is 0 Å². The predicted octanol–water partition coefficient (Wildman–Crippen LogP) is 7.96. The fourth-order valence-corrected chi connectivity index (χ4v) is 15.0. The van der Waals surface area contributed by atoms with Crippen molar-refractivity contribution in [3.05, 3.63) is 108 Å². The number of carbonyl (C=O) groups excluding carboxylic acids is 6. The zero-order chi connectivity index (χ0) is 66.0. The van der Waals surface area contributed by atoms with E-state index in [0.717, 1.165) is 109 Å². The maximum absolute atomic E-state index is 12.9. The van der Waals surface area contributed by atoms with Gasteiger partial charge in [-0.05, 0) is 162 Å². The molecule has 3 aromatic heterocycles. The topological polar surface area (TPSA) is 293 Å². The van der Waals surface area contributed by atoms with E-state index in [1.54, 1.807) is 36.4 Å². The second kappa shape index (κ2) is 24.8. The lowest BCUT2D eigenvalue weighted by Crippen LogP contribution is -2.59. The van der Waals surface area contributed by atoms with Crippen LogP contribution < -0.4 is 47.4 Å². The summed E-state index contributed by atoms with van der Waals surface area (Å²) in [6, 6.07) is 7.92. The van der Waals surface area contributed by atoms with Gasteiger partial charge in [-0.25, -0.2) is 15.0 Å². The molecule has 27 heteroatoms. The van der Waals surface area contributed by atoms with Gasteiger partial charge in [0.05, 0.1) is 11.8 Å². The third-order valence-corrected chi connectivity index (χ3v) is 19.7. The largest absolute Gasteiger partial charge is 0.474 e. The number of alkyl halides is 6. The Kier molecular flexibility index (Phi) is 18.0. The Labute approximate surface area is 523 Å². The number of hydrogen-bond donors (Lipinski definition) is 6. The predicted molar refractivity (Wildman–Crippen MR) is 318 cm³/mol. The molecule has 9 fully saturated rings. The van der Waals surface area contributed by atoms with Gasteiger partial charge in [0.2, 0.25) is 17.6 Å². The van der Waals surface area contributed by atoms with E-state index in [1.165, 1.54) is 22.2 Å². The van der Waals surface area contributed by atoms with E-state index >= 15 is 0 Å². The molecule has 9 N–H and O–H groups in total. The lowest BCUT2D eigenvalue weighted by atomic mass is 9.52. The first-order chi connectivity index (χ1) is 42.6. The summed E-state index contributed by atoms with van der Waals surface area (Å²) >= 11 is 0. The quantitative estimate of drug-likeness (QED) is 0.0659. The zero-order valence-corrected chi connectivity index (χ0v) is 51.6. The number of carbonyl (C=O) groups is 6. The normalized spacial score (nSPS) is 31.0. The number of aryl methyl sites for hydroxylation is 1. The third-order valence-electron chi connectivity index (χ3n) is 19.7.